The van der Waals surface area contributed by atoms with Gasteiger partial charge in [0.05, 0.1) is 4.47 Å². The van der Waals surface area contributed by atoms with Crippen molar-refractivity contribution in [1.29, 1.82) is 0 Å². The van der Waals surface area contributed by atoms with Crippen LogP contribution in [0.15, 0.2) is 16.6 Å². The number of aryl methyl sites for hydroxylation is 1. The first kappa shape index (κ1) is 11.9. The molecule has 0 unspecified atom stereocenters. The molecule has 0 amide bonds. The van der Waals surface area contributed by atoms with Gasteiger partial charge in [-0.25, -0.2) is 0 Å². The maximum absolute atomic E-state index is 9.67. The molecule has 1 heterocycles. The highest BCUT2D eigenvalue weighted by Gasteiger charge is 2.11. The number of aromatic hydroxyl groups is 1. The Balaban J connectivity index is 2.09. The number of phenolic OH excluding ortho intramolecular Hbond substituents is 1. The average molecular weight is 285 g/mol. The lowest BCUT2D eigenvalue weighted by Crippen LogP contribution is -2.42. The van der Waals surface area contributed by atoms with E-state index in [2.05, 4.69) is 32.2 Å². The standard InChI is InChI=1S/C12H17BrN2O/c1-9-6-10(7-11(13)12(9)16)8-15-4-2-14-3-5-15/h6-7,14,16H,2-5,8H2,1H3. The number of benzene rings is 1. The Morgan fingerprint density at radius 1 is 1.38 bits per heavy atom. The monoisotopic (exact) mass is 284 g/mol. The van der Waals surface area contributed by atoms with Gasteiger partial charge in [-0.2, -0.15) is 0 Å². The third-order valence-electron chi connectivity index (χ3n) is 2.93. The van der Waals surface area contributed by atoms with Crippen LogP contribution in [0.3, 0.4) is 0 Å². The van der Waals surface area contributed by atoms with Crippen LogP contribution in [0.4, 0.5) is 0 Å². The van der Waals surface area contributed by atoms with Crippen molar-refractivity contribution in [3.63, 3.8) is 0 Å². The summed E-state index contributed by atoms with van der Waals surface area (Å²) < 4.78 is 0.789. The molecule has 1 aromatic rings. The number of rotatable bonds is 2. The predicted octanol–water partition coefficient (Wildman–Crippen LogP) is 1.87. The molecule has 0 spiro atoms. The third-order valence-corrected chi connectivity index (χ3v) is 3.53. The number of phenols is 1. The normalized spacial score (nSPS) is 17.6. The summed E-state index contributed by atoms with van der Waals surface area (Å²) in [4.78, 5) is 2.43. The van der Waals surface area contributed by atoms with Crippen molar-refractivity contribution in [3.8, 4) is 5.75 Å². The molecule has 3 nitrogen and oxygen atoms in total. The van der Waals surface area contributed by atoms with E-state index >= 15 is 0 Å². The minimum Gasteiger partial charge on any atom is -0.506 e. The molecule has 0 bridgehead atoms. The van der Waals surface area contributed by atoms with E-state index in [9.17, 15) is 5.11 Å². The summed E-state index contributed by atoms with van der Waals surface area (Å²) in [7, 11) is 0. The van der Waals surface area contributed by atoms with E-state index in [-0.39, 0.29) is 0 Å². The molecule has 0 radical (unpaired) electrons. The van der Waals surface area contributed by atoms with Gasteiger partial charge >= 0.3 is 0 Å². The predicted molar refractivity (Wildman–Crippen MR) is 68.7 cm³/mol. The van der Waals surface area contributed by atoms with Crippen LogP contribution in [0, 0.1) is 6.92 Å². The zero-order valence-electron chi connectivity index (χ0n) is 9.46. The second-order valence-electron chi connectivity index (χ2n) is 4.27. The zero-order chi connectivity index (χ0) is 11.5. The van der Waals surface area contributed by atoms with Gasteiger partial charge in [0.1, 0.15) is 5.75 Å². The van der Waals surface area contributed by atoms with Crippen molar-refractivity contribution in [2.45, 2.75) is 13.5 Å². The molecular formula is C12H17BrN2O. The average Bonchev–Trinajstić information content (AvgIpc) is 2.27. The first-order valence-corrected chi connectivity index (χ1v) is 6.37. The van der Waals surface area contributed by atoms with Gasteiger partial charge < -0.3 is 10.4 Å². The summed E-state index contributed by atoms with van der Waals surface area (Å²) in [6.07, 6.45) is 0. The van der Waals surface area contributed by atoms with Gasteiger partial charge in [0.2, 0.25) is 0 Å². The second kappa shape index (κ2) is 5.17. The van der Waals surface area contributed by atoms with E-state index in [1.54, 1.807) is 0 Å². The number of piperazine rings is 1. The van der Waals surface area contributed by atoms with Gasteiger partial charge in [-0.1, -0.05) is 6.07 Å². The van der Waals surface area contributed by atoms with E-state index < -0.39 is 0 Å². The molecule has 1 aromatic carbocycles. The fourth-order valence-corrected chi connectivity index (χ4v) is 2.63. The lowest BCUT2D eigenvalue weighted by atomic mass is 10.1. The molecule has 1 aliphatic heterocycles. The summed E-state index contributed by atoms with van der Waals surface area (Å²) in [5, 5.41) is 13.0. The van der Waals surface area contributed by atoms with Crippen molar-refractivity contribution < 1.29 is 5.11 Å². The van der Waals surface area contributed by atoms with Crippen LogP contribution >= 0.6 is 15.9 Å². The van der Waals surface area contributed by atoms with Crippen molar-refractivity contribution in [1.82, 2.24) is 10.2 Å². The molecule has 0 aromatic heterocycles. The Morgan fingerprint density at radius 2 is 2.06 bits per heavy atom. The quantitative estimate of drug-likeness (QED) is 0.870. The third kappa shape index (κ3) is 2.75. The van der Waals surface area contributed by atoms with Gasteiger partial charge in [-0.3, -0.25) is 4.90 Å². The molecule has 0 aliphatic carbocycles. The summed E-state index contributed by atoms with van der Waals surface area (Å²) >= 11 is 3.38. The van der Waals surface area contributed by atoms with Gasteiger partial charge in [0, 0.05) is 32.7 Å². The van der Waals surface area contributed by atoms with Crippen molar-refractivity contribution >= 4 is 15.9 Å². The molecule has 2 rings (SSSR count). The zero-order valence-corrected chi connectivity index (χ0v) is 11.0. The Hall–Kier alpha value is -0.580. The molecule has 88 valence electrons. The Kier molecular flexibility index (Phi) is 3.84. The minimum atomic E-state index is 0.351. The number of nitrogens with one attached hydrogen (secondary N) is 1. The van der Waals surface area contributed by atoms with Crippen molar-refractivity contribution in [3.05, 3.63) is 27.7 Å². The van der Waals surface area contributed by atoms with E-state index in [0.29, 0.717) is 5.75 Å². The smallest absolute Gasteiger partial charge is 0.132 e. The van der Waals surface area contributed by atoms with Crippen LogP contribution in [-0.2, 0) is 6.54 Å². The minimum absolute atomic E-state index is 0.351. The molecule has 0 saturated carbocycles. The number of hydrogen-bond donors (Lipinski definition) is 2. The molecule has 2 N–H and O–H groups in total. The van der Waals surface area contributed by atoms with Gasteiger partial charge in [-0.15, -0.1) is 0 Å². The Labute approximate surface area is 105 Å². The van der Waals surface area contributed by atoms with Crippen LogP contribution in [0.1, 0.15) is 11.1 Å². The summed E-state index contributed by atoms with van der Waals surface area (Å²) in [6.45, 7) is 7.22. The van der Waals surface area contributed by atoms with Gasteiger partial charge in [0.15, 0.2) is 0 Å². The van der Waals surface area contributed by atoms with Crippen LogP contribution in [-0.4, -0.2) is 36.2 Å². The molecular weight excluding hydrogens is 268 g/mol. The topological polar surface area (TPSA) is 35.5 Å². The fourth-order valence-electron chi connectivity index (χ4n) is 2.03. The lowest BCUT2D eigenvalue weighted by molar-refractivity contribution is 0.233. The molecule has 1 aliphatic rings. The van der Waals surface area contributed by atoms with E-state index in [1.165, 1.54) is 5.56 Å². The van der Waals surface area contributed by atoms with Crippen LogP contribution < -0.4 is 5.32 Å². The Bertz CT molecular complexity index is 352. The molecule has 16 heavy (non-hydrogen) atoms. The number of halogens is 1. The van der Waals surface area contributed by atoms with Crippen molar-refractivity contribution in [2.24, 2.45) is 0 Å². The van der Waals surface area contributed by atoms with Crippen LogP contribution in [0.5, 0.6) is 5.75 Å². The van der Waals surface area contributed by atoms with Crippen LogP contribution in [0.25, 0.3) is 0 Å². The van der Waals surface area contributed by atoms with Gasteiger partial charge in [-0.05, 0) is 40.0 Å². The lowest BCUT2D eigenvalue weighted by Gasteiger charge is -2.27. The maximum Gasteiger partial charge on any atom is 0.132 e. The molecule has 1 saturated heterocycles. The highest BCUT2D eigenvalue weighted by atomic mass is 79.9. The first-order valence-electron chi connectivity index (χ1n) is 5.58. The molecule has 0 atom stereocenters. The summed E-state index contributed by atoms with van der Waals surface area (Å²) in [5.74, 6) is 0.351. The van der Waals surface area contributed by atoms with E-state index in [0.717, 1.165) is 42.8 Å². The molecule has 4 heteroatoms. The molecule has 1 fully saturated rings. The number of nitrogens with zero attached hydrogens (tertiary/aromatic N) is 1. The van der Waals surface area contributed by atoms with Crippen molar-refractivity contribution in [2.75, 3.05) is 26.2 Å². The second-order valence-corrected chi connectivity index (χ2v) is 5.12. The van der Waals surface area contributed by atoms with Crippen LogP contribution in [0.2, 0.25) is 0 Å². The highest BCUT2D eigenvalue weighted by molar-refractivity contribution is 9.10. The SMILES string of the molecule is Cc1cc(CN2CCNCC2)cc(Br)c1O. The maximum atomic E-state index is 9.67. The Morgan fingerprint density at radius 3 is 2.69 bits per heavy atom. The first-order chi connectivity index (χ1) is 7.66. The van der Waals surface area contributed by atoms with Gasteiger partial charge in [0.25, 0.3) is 0 Å². The van der Waals surface area contributed by atoms with E-state index in [4.69, 9.17) is 0 Å². The summed E-state index contributed by atoms with van der Waals surface area (Å²) in [6, 6.07) is 4.06. The summed E-state index contributed by atoms with van der Waals surface area (Å²) in [5.41, 5.74) is 2.18. The fraction of sp³-hybridized carbons (Fsp3) is 0.500. The highest BCUT2D eigenvalue weighted by Crippen LogP contribution is 2.29. The largest absolute Gasteiger partial charge is 0.506 e. The number of hydrogen-bond acceptors (Lipinski definition) is 3. The van der Waals surface area contributed by atoms with E-state index in [1.807, 2.05) is 13.0 Å².